The van der Waals surface area contributed by atoms with Gasteiger partial charge in [-0.05, 0) is 61.7 Å². The smallest absolute Gasteiger partial charge is 0.264 e. The van der Waals surface area contributed by atoms with Crippen molar-refractivity contribution in [1.29, 1.82) is 0 Å². The van der Waals surface area contributed by atoms with E-state index in [1.165, 1.54) is 24.1 Å². The molecule has 4 aromatic rings. The molecule has 43 heavy (non-hydrogen) atoms. The molecule has 0 heterocycles. The molecule has 2 amide bonds. The molecule has 0 radical (unpaired) electrons. The van der Waals surface area contributed by atoms with E-state index in [0.717, 1.165) is 32.1 Å². The Kier molecular flexibility index (Phi) is 10.3. The zero-order chi connectivity index (χ0) is 31.1. The second-order valence-corrected chi connectivity index (χ2v) is 12.9. The van der Waals surface area contributed by atoms with Crippen LogP contribution in [0.1, 0.15) is 27.8 Å². The van der Waals surface area contributed by atoms with E-state index in [2.05, 4.69) is 5.32 Å². The number of amides is 2. The van der Waals surface area contributed by atoms with E-state index in [9.17, 15) is 18.0 Å². The van der Waals surface area contributed by atoms with Gasteiger partial charge in [-0.2, -0.15) is 0 Å². The lowest BCUT2D eigenvalue weighted by molar-refractivity contribution is -0.139. The van der Waals surface area contributed by atoms with Crippen LogP contribution in [0.3, 0.4) is 0 Å². The maximum atomic E-state index is 14.4. The lowest BCUT2D eigenvalue weighted by atomic mass is 10.0. The fraction of sp³-hybridized carbons (Fsp3) is 0.235. The Labute approximate surface area is 259 Å². The van der Waals surface area contributed by atoms with Crippen LogP contribution in [0.15, 0.2) is 102 Å². The average Bonchev–Trinajstić information content (AvgIpc) is 2.99. The first-order chi connectivity index (χ1) is 20.5. The number of anilines is 1. The van der Waals surface area contributed by atoms with E-state index in [0.29, 0.717) is 5.02 Å². The van der Waals surface area contributed by atoms with E-state index < -0.39 is 28.5 Å². The van der Waals surface area contributed by atoms with Gasteiger partial charge in [0.15, 0.2) is 0 Å². The monoisotopic (exact) mass is 617 g/mol. The fourth-order valence-corrected chi connectivity index (χ4v) is 6.41. The van der Waals surface area contributed by atoms with Gasteiger partial charge in [0.1, 0.15) is 12.6 Å². The predicted molar refractivity (Wildman–Crippen MR) is 172 cm³/mol. The van der Waals surface area contributed by atoms with Crippen LogP contribution in [0.5, 0.6) is 0 Å². The SMILES string of the molecule is CNC(=O)[C@H](Cc1ccccc1)N(Cc1cccc(C)c1)C(=O)CN(c1ccc(C)c(Cl)c1)S(=O)(=O)c1ccc(C)cc1. The van der Waals surface area contributed by atoms with Crippen molar-refractivity contribution >= 4 is 39.1 Å². The topological polar surface area (TPSA) is 86.8 Å². The van der Waals surface area contributed by atoms with Crippen molar-refractivity contribution in [2.24, 2.45) is 0 Å². The number of aryl methyl sites for hydroxylation is 3. The molecular weight excluding hydrogens is 582 g/mol. The second-order valence-electron chi connectivity index (χ2n) is 10.6. The van der Waals surface area contributed by atoms with Crippen molar-refractivity contribution in [3.8, 4) is 0 Å². The van der Waals surface area contributed by atoms with Crippen LogP contribution in [-0.2, 0) is 32.6 Å². The molecule has 0 saturated carbocycles. The lowest BCUT2D eigenvalue weighted by Gasteiger charge is -2.33. The van der Waals surface area contributed by atoms with Gasteiger partial charge < -0.3 is 10.2 Å². The number of rotatable bonds is 11. The summed E-state index contributed by atoms with van der Waals surface area (Å²) in [6.45, 7) is 5.21. The van der Waals surface area contributed by atoms with Crippen molar-refractivity contribution in [1.82, 2.24) is 10.2 Å². The first-order valence-electron chi connectivity index (χ1n) is 14.0. The Bertz CT molecular complexity index is 1690. The number of nitrogens with one attached hydrogen (secondary N) is 1. The highest BCUT2D eigenvalue weighted by atomic mass is 35.5. The number of sulfonamides is 1. The highest BCUT2D eigenvalue weighted by Crippen LogP contribution is 2.29. The number of hydrogen-bond donors (Lipinski definition) is 1. The molecule has 0 unspecified atom stereocenters. The zero-order valence-electron chi connectivity index (χ0n) is 24.7. The summed E-state index contributed by atoms with van der Waals surface area (Å²) in [5, 5.41) is 3.07. The molecule has 9 heteroatoms. The third-order valence-corrected chi connectivity index (χ3v) is 9.48. The van der Waals surface area contributed by atoms with Crippen LogP contribution in [0, 0.1) is 20.8 Å². The van der Waals surface area contributed by atoms with Crippen LogP contribution < -0.4 is 9.62 Å². The Morgan fingerprint density at radius 2 is 1.49 bits per heavy atom. The van der Waals surface area contributed by atoms with Crippen molar-refractivity contribution in [2.75, 3.05) is 17.9 Å². The van der Waals surface area contributed by atoms with Crippen LogP contribution in [-0.4, -0.2) is 44.8 Å². The molecule has 0 fully saturated rings. The number of carbonyl (C=O) groups is 2. The van der Waals surface area contributed by atoms with Crippen molar-refractivity contribution < 1.29 is 18.0 Å². The molecular formula is C34H36ClN3O4S. The fourth-order valence-electron chi connectivity index (χ4n) is 4.83. The molecule has 4 aromatic carbocycles. The summed E-state index contributed by atoms with van der Waals surface area (Å²) < 4.78 is 29.2. The molecule has 0 aliphatic heterocycles. The Hall–Kier alpha value is -4.14. The van der Waals surface area contributed by atoms with Crippen LogP contribution in [0.25, 0.3) is 0 Å². The summed E-state index contributed by atoms with van der Waals surface area (Å²) in [6.07, 6.45) is 0.249. The van der Waals surface area contributed by atoms with Gasteiger partial charge in [-0.3, -0.25) is 13.9 Å². The summed E-state index contributed by atoms with van der Waals surface area (Å²) in [6, 6.07) is 27.6. The molecule has 0 bridgehead atoms. The van der Waals surface area contributed by atoms with Gasteiger partial charge in [0.25, 0.3) is 10.0 Å². The zero-order valence-corrected chi connectivity index (χ0v) is 26.3. The molecule has 0 aliphatic carbocycles. The molecule has 0 spiro atoms. The first-order valence-corrected chi connectivity index (χ1v) is 15.8. The summed E-state index contributed by atoms with van der Waals surface area (Å²) in [5.74, 6) is -0.880. The molecule has 224 valence electrons. The highest BCUT2D eigenvalue weighted by molar-refractivity contribution is 7.92. The van der Waals surface area contributed by atoms with Crippen LogP contribution in [0.2, 0.25) is 5.02 Å². The Morgan fingerprint density at radius 1 is 0.814 bits per heavy atom. The van der Waals surface area contributed by atoms with Gasteiger partial charge in [0, 0.05) is 25.0 Å². The standard InChI is InChI=1S/C34H36ClN3O4S/c1-24-13-17-30(18-14-24)43(41,42)38(29-16-15-26(3)31(35)21-29)23-33(39)37(22-28-12-8-9-25(2)19-28)32(34(40)36-4)20-27-10-6-5-7-11-27/h5-19,21,32H,20,22-23H2,1-4H3,(H,36,40)/t32-/m0/s1. The normalized spacial score (nSPS) is 11.9. The minimum atomic E-state index is -4.19. The number of nitrogens with zero attached hydrogens (tertiary/aromatic N) is 2. The third kappa shape index (κ3) is 7.83. The molecule has 1 atom stereocenters. The van der Waals surface area contributed by atoms with Crippen molar-refractivity contribution in [3.63, 3.8) is 0 Å². The Balaban J connectivity index is 1.80. The number of benzene rings is 4. The summed E-state index contributed by atoms with van der Waals surface area (Å²) in [4.78, 5) is 29.2. The van der Waals surface area contributed by atoms with Crippen molar-refractivity contribution in [3.05, 3.63) is 130 Å². The predicted octanol–water partition coefficient (Wildman–Crippen LogP) is 5.85. The van der Waals surface area contributed by atoms with E-state index >= 15 is 0 Å². The lowest BCUT2D eigenvalue weighted by Crippen LogP contribution is -2.53. The minimum Gasteiger partial charge on any atom is -0.357 e. The minimum absolute atomic E-state index is 0.0416. The number of likely N-dealkylation sites (N-methyl/N-ethyl adjacent to an activating group) is 1. The van der Waals surface area contributed by atoms with Gasteiger partial charge >= 0.3 is 0 Å². The van der Waals surface area contributed by atoms with Crippen molar-refractivity contribution in [2.45, 2.75) is 44.7 Å². The van der Waals surface area contributed by atoms with Gasteiger partial charge in [-0.25, -0.2) is 8.42 Å². The van der Waals surface area contributed by atoms with E-state index in [1.807, 2.05) is 75.4 Å². The maximum absolute atomic E-state index is 14.4. The highest BCUT2D eigenvalue weighted by Gasteiger charge is 2.34. The molecule has 0 aromatic heterocycles. The molecule has 0 aliphatic rings. The van der Waals surface area contributed by atoms with Gasteiger partial charge in [0.05, 0.1) is 10.6 Å². The number of hydrogen-bond acceptors (Lipinski definition) is 4. The van der Waals surface area contributed by atoms with Gasteiger partial charge in [-0.1, -0.05) is 95.5 Å². The molecule has 0 saturated heterocycles. The molecule has 1 N–H and O–H groups in total. The number of halogens is 1. The average molecular weight is 618 g/mol. The summed E-state index contributed by atoms with van der Waals surface area (Å²) in [7, 11) is -2.67. The van der Waals surface area contributed by atoms with Gasteiger partial charge in [-0.15, -0.1) is 0 Å². The first kappa shape index (κ1) is 31.8. The largest absolute Gasteiger partial charge is 0.357 e. The van der Waals surface area contributed by atoms with Gasteiger partial charge in [0.2, 0.25) is 11.8 Å². The number of carbonyl (C=O) groups excluding carboxylic acids is 2. The molecule has 7 nitrogen and oxygen atoms in total. The Morgan fingerprint density at radius 3 is 2.12 bits per heavy atom. The summed E-state index contributed by atoms with van der Waals surface area (Å²) >= 11 is 6.43. The van der Waals surface area contributed by atoms with E-state index in [1.54, 1.807) is 30.3 Å². The third-order valence-electron chi connectivity index (χ3n) is 7.28. The van der Waals surface area contributed by atoms with Crippen LogP contribution in [0.4, 0.5) is 5.69 Å². The maximum Gasteiger partial charge on any atom is 0.264 e. The van der Waals surface area contributed by atoms with E-state index in [4.69, 9.17) is 11.6 Å². The van der Waals surface area contributed by atoms with E-state index in [-0.39, 0.29) is 29.5 Å². The second kappa shape index (κ2) is 13.9. The quantitative estimate of drug-likeness (QED) is 0.229. The summed E-state index contributed by atoms with van der Waals surface area (Å²) in [5.41, 5.74) is 4.61. The molecule has 4 rings (SSSR count). The van der Waals surface area contributed by atoms with Crippen LogP contribution >= 0.6 is 11.6 Å².